The lowest BCUT2D eigenvalue weighted by Crippen LogP contribution is -1.95. The molecular formula is C17H13FN2O. The Labute approximate surface area is 121 Å². The minimum absolute atomic E-state index is 0.305. The maximum absolute atomic E-state index is 13.0. The number of carbonyl (C=O) groups excluding carboxylic acids is 1. The molecule has 1 heterocycles. The highest BCUT2D eigenvalue weighted by Gasteiger charge is 2.13. The molecule has 0 saturated heterocycles. The van der Waals surface area contributed by atoms with E-state index in [4.69, 9.17) is 0 Å². The molecule has 0 aliphatic heterocycles. The number of nitrogens with zero attached hydrogens (tertiary/aromatic N) is 2. The molecule has 21 heavy (non-hydrogen) atoms. The van der Waals surface area contributed by atoms with Crippen molar-refractivity contribution in [3.05, 3.63) is 71.7 Å². The molecule has 0 aliphatic carbocycles. The van der Waals surface area contributed by atoms with Crippen molar-refractivity contribution in [3.8, 4) is 16.9 Å². The first-order valence-electron chi connectivity index (χ1n) is 6.56. The van der Waals surface area contributed by atoms with Gasteiger partial charge in [0.05, 0.1) is 11.3 Å². The molecule has 3 rings (SSSR count). The fourth-order valence-corrected chi connectivity index (χ4v) is 2.25. The Morgan fingerprint density at radius 1 is 1.10 bits per heavy atom. The third kappa shape index (κ3) is 2.48. The van der Waals surface area contributed by atoms with E-state index in [1.165, 1.54) is 12.1 Å². The monoisotopic (exact) mass is 280 g/mol. The van der Waals surface area contributed by atoms with Crippen LogP contribution in [0.2, 0.25) is 0 Å². The Morgan fingerprint density at radius 3 is 2.48 bits per heavy atom. The lowest BCUT2D eigenvalue weighted by Gasteiger charge is -2.03. The van der Waals surface area contributed by atoms with Crippen LogP contribution in [-0.4, -0.2) is 16.1 Å². The zero-order valence-electron chi connectivity index (χ0n) is 11.5. The zero-order chi connectivity index (χ0) is 14.8. The highest BCUT2D eigenvalue weighted by molar-refractivity contribution is 5.86. The Bertz CT molecular complexity index is 791. The second-order valence-corrected chi connectivity index (χ2v) is 4.79. The van der Waals surface area contributed by atoms with Crippen LogP contribution in [0, 0.1) is 12.7 Å². The van der Waals surface area contributed by atoms with Gasteiger partial charge in [0.15, 0.2) is 6.29 Å². The van der Waals surface area contributed by atoms with E-state index in [1.807, 2.05) is 31.2 Å². The van der Waals surface area contributed by atoms with Crippen LogP contribution in [0.1, 0.15) is 15.9 Å². The van der Waals surface area contributed by atoms with Crippen molar-refractivity contribution >= 4 is 6.29 Å². The first-order chi connectivity index (χ1) is 10.2. The van der Waals surface area contributed by atoms with Crippen LogP contribution in [-0.2, 0) is 0 Å². The van der Waals surface area contributed by atoms with Crippen LogP contribution in [0.5, 0.6) is 0 Å². The van der Waals surface area contributed by atoms with Crippen molar-refractivity contribution in [1.29, 1.82) is 0 Å². The molecule has 2 aromatic carbocycles. The number of hydrogen-bond donors (Lipinski definition) is 0. The average Bonchev–Trinajstić information content (AvgIpc) is 2.92. The van der Waals surface area contributed by atoms with Crippen molar-refractivity contribution in [1.82, 2.24) is 9.78 Å². The van der Waals surface area contributed by atoms with Gasteiger partial charge in [-0.3, -0.25) is 4.79 Å². The predicted molar refractivity (Wildman–Crippen MR) is 79.1 cm³/mol. The Kier molecular flexibility index (Phi) is 3.36. The van der Waals surface area contributed by atoms with Crippen molar-refractivity contribution < 1.29 is 9.18 Å². The topological polar surface area (TPSA) is 34.9 Å². The van der Waals surface area contributed by atoms with E-state index < -0.39 is 0 Å². The number of aryl methyl sites for hydroxylation is 1. The van der Waals surface area contributed by atoms with Crippen LogP contribution < -0.4 is 0 Å². The summed E-state index contributed by atoms with van der Waals surface area (Å²) in [6, 6.07) is 13.7. The molecule has 0 bridgehead atoms. The van der Waals surface area contributed by atoms with Gasteiger partial charge in [0.1, 0.15) is 11.5 Å². The molecule has 3 nitrogen and oxygen atoms in total. The zero-order valence-corrected chi connectivity index (χ0v) is 11.5. The van der Waals surface area contributed by atoms with Gasteiger partial charge in [-0.15, -0.1) is 0 Å². The van der Waals surface area contributed by atoms with Crippen molar-refractivity contribution in [3.63, 3.8) is 0 Å². The molecule has 0 unspecified atom stereocenters. The molecule has 0 atom stereocenters. The molecule has 1 aromatic heterocycles. The smallest absolute Gasteiger partial charge is 0.153 e. The molecule has 4 heteroatoms. The molecule has 0 amide bonds. The van der Waals surface area contributed by atoms with Crippen LogP contribution >= 0.6 is 0 Å². The number of benzene rings is 2. The summed E-state index contributed by atoms with van der Waals surface area (Å²) in [7, 11) is 0. The van der Waals surface area contributed by atoms with Crippen molar-refractivity contribution in [2.24, 2.45) is 0 Å². The fourth-order valence-electron chi connectivity index (χ4n) is 2.25. The number of halogens is 1. The highest BCUT2D eigenvalue weighted by atomic mass is 19.1. The largest absolute Gasteiger partial charge is 0.298 e. The van der Waals surface area contributed by atoms with E-state index >= 15 is 0 Å². The average molecular weight is 280 g/mol. The van der Waals surface area contributed by atoms with Gasteiger partial charge in [0.25, 0.3) is 0 Å². The van der Waals surface area contributed by atoms with Crippen molar-refractivity contribution in [2.75, 3.05) is 0 Å². The summed E-state index contributed by atoms with van der Waals surface area (Å²) in [5, 5.41) is 4.47. The Balaban J connectivity index is 2.13. The van der Waals surface area contributed by atoms with Gasteiger partial charge in [-0.05, 0) is 36.8 Å². The lowest BCUT2D eigenvalue weighted by molar-refractivity contribution is 0.112. The summed E-state index contributed by atoms with van der Waals surface area (Å²) in [4.78, 5) is 11.3. The van der Waals surface area contributed by atoms with E-state index in [-0.39, 0.29) is 5.82 Å². The maximum Gasteiger partial charge on any atom is 0.153 e. The Hall–Kier alpha value is -2.75. The third-order valence-electron chi connectivity index (χ3n) is 3.36. The van der Waals surface area contributed by atoms with Gasteiger partial charge >= 0.3 is 0 Å². The molecule has 0 fully saturated rings. The van der Waals surface area contributed by atoms with E-state index in [0.717, 1.165) is 17.4 Å². The van der Waals surface area contributed by atoms with E-state index in [2.05, 4.69) is 5.10 Å². The minimum atomic E-state index is -0.305. The van der Waals surface area contributed by atoms with Gasteiger partial charge in [0, 0.05) is 11.8 Å². The van der Waals surface area contributed by atoms with Gasteiger partial charge in [-0.1, -0.05) is 24.3 Å². The van der Waals surface area contributed by atoms with Gasteiger partial charge in [-0.2, -0.15) is 5.10 Å². The molecule has 0 radical (unpaired) electrons. The minimum Gasteiger partial charge on any atom is -0.298 e. The summed E-state index contributed by atoms with van der Waals surface area (Å²) in [5.41, 5.74) is 3.81. The van der Waals surface area contributed by atoms with Crippen LogP contribution in [0.25, 0.3) is 16.9 Å². The number of carbonyl (C=O) groups is 1. The normalized spacial score (nSPS) is 10.6. The van der Waals surface area contributed by atoms with Crippen LogP contribution in [0.4, 0.5) is 4.39 Å². The first kappa shape index (κ1) is 13.2. The van der Waals surface area contributed by atoms with Crippen LogP contribution in [0.15, 0.2) is 54.7 Å². The standard InChI is InChI=1S/C17H13FN2O/c1-12-4-2-3-5-16(12)17-13(11-21)10-20(19-17)15-8-6-14(18)7-9-15/h2-11H,1H3. The van der Waals surface area contributed by atoms with E-state index in [1.54, 1.807) is 23.0 Å². The van der Waals surface area contributed by atoms with Crippen molar-refractivity contribution in [2.45, 2.75) is 6.92 Å². The van der Waals surface area contributed by atoms with Gasteiger partial charge in [0.2, 0.25) is 0 Å². The fraction of sp³-hybridized carbons (Fsp3) is 0.0588. The first-order valence-corrected chi connectivity index (χ1v) is 6.56. The highest BCUT2D eigenvalue weighted by Crippen LogP contribution is 2.25. The molecule has 3 aromatic rings. The molecule has 104 valence electrons. The summed E-state index contributed by atoms with van der Waals surface area (Å²) in [6.07, 6.45) is 2.44. The van der Waals surface area contributed by atoms with Crippen LogP contribution in [0.3, 0.4) is 0 Å². The summed E-state index contributed by atoms with van der Waals surface area (Å²) in [5.74, 6) is -0.305. The molecular weight excluding hydrogens is 267 g/mol. The molecule has 0 spiro atoms. The third-order valence-corrected chi connectivity index (χ3v) is 3.36. The molecule has 0 N–H and O–H groups in total. The predicted octanol–water partition coefficient (Wildman–Crippen LogP) is 3.80. The van der Waals surface area contributed by atoms with Gasteiger partial charge in [-0.25, -0.2) is 9.07 Å². The van der Waals surface area contributed by atoms with E-state index in [9.17, 15) is 9.18 Å². The second kappa shape index (κ2) is 5.32. The summed E-state index contributed by atoms with van der Waals surface area (Å²) < 4.78 is 14.6. The SMILES string of the molecule is Cc1ccccc1-c1nn(-c2ccc(F)cc2)cc1C=O. The number of aromatic nitrogens is 2. The molecule has 0 aliphatic rings. The maximum atomic E-state index is 13.0. The summed E-state index contributed by atoms with van der Waals surface area (Å²) >= 11 is 0. The second-order valence-electron chi connectivity index (χ2n) is 4.79. The summed E-state index contributed by atoms with van der Waals surface area (Å²) in [6.45, 7) is 1.97. The molecule has 0 saturated carbocycles. The quantitative estimate of drug-likeness (QED) is 0.684. The number of rotatable bonds is 3. The van der Waals surface area contributed by atoms with Gasteiger partial charge < -0.3 is 0 Å². The van der Waals surface area contributed by atoms with E-state index in [0.29, 0.717) is 16.9 Å². The Morgan fingerprint density at radius 2 is 1.81 bits per heavy atom. The lowest BCUT2D eigenvalue weighted by atomic mass is 10.0. The number of hydrogen-bond acceptors (Lipinski definition) is 2. The number of aldehydes is 1.